The third-order valence-corrected chi connectivity index (χ3v) is 2.60. The average Bonchev–Trinajstić information content (AvgIpc) is 2.67. The number of nitriles is 1. The molecule has 0 fully saturated rings. The van der Waals surface area contributed by atoms with Crippen molar-refractivity contribution in [2.75, 3.05) is 5.73 Å². The van der Waals surface area contributed by atoms with Crippen molar-refractivity contribution in [1.82, 2.24) is 9.78 Å². The summed E-state index contributed by atoms with van der Waals surface area (Å²) in [6.45, 7) is 3.97. The summed E-state index contributed by atoms with van der Waals surface area (Å²) in [5.74, 6) is 0.432. The summed E-state index contributed by atoms with van der Waals surface area (Å²) in [6, 6.07) is 11.9. The molecule has 0 aliphatic carbocycles. The zero-order valence-electron chi connectivity index (χ0n) is 9.88. The number of nitrogen functional groups attached to an aromatic ring is 1. The molecule has 17 heavy (non-hydrogen) atoms. The molecule has 1 heterocycles. The van der Waals surface area contributed by atoms with Crippen molar-refractivity contribution in [3.05, 3.63) is 35.9 Å². The molecule has 2 aromatic rings. The van der Waals surface area contributed by atoms with Crippen LogP contribution in [-0.2, 0) is 0 Å². The first-order chi connectivity index (χ1) is 8.15. The van der Waals surface area contributed by atoms with Gasteiger partial charge in [-0.1, -0.05) is 30.3 Å². The Balaban J connectivity index is 2.64. The third-order valence-electron chi connectivity index (χ3n) is 2.60. The van der Waals surface area contributed by atoms with Crippen molar-refractivity contribution in [1.29, 1.82) is 5.26 Å². The molecule has 0 unspecified atom stereocenters. The van der Waals surface area contributed by atoms with Crippen LogP contribution in [-0.4, -0.2) is 9.78 Å². The molecule has 0 saturated heterocycles. The van der Waals surface area contributed by atoms with E-state index in [9.17, 15) is 5.26 Å². The topological polar surface area (TPSA) is 67.6 Å². The molecule has 0 aliphatic heterocycles. The molecule has 1 aromatic heterocycles. The first-order valence-electron chi connectivity index (χ1n) is 5.48. The van der Waals surface area contributed by atoms with E-state index in [1.165, 1.54) is 0 Å². The monoisotopic (exact) mass is 226 g/mol. The van der Waals surface area contributed by atoms with Gasteiger partial charge in [-0.25, -0.2) is 4.68 Å². The molecular formula is C13H14N4. The van der Waals surface area contributed by atoms with Gasteiger partial charge in [-0.15, -0.1) is 0 Å². The van der Waals surface area contributed by atoms with Gasteiger partial charge in [0.1, 0.15) is 23.1 Å². The van der Waals surface area contributed by atoms with E-state index in [2.05, 4.69) is 11.2 Å². The molecule has 4 heteroatoms. The lowest BCUT2D eigenvalue weighted by Gasteiger charge is -2.06. The minimum Gasteiger partial charge on any atom is -0.383 e. The molecule has 0 spiro atoms. The first-order valence-corrected chi connectivity index (χ1v) is 5.48. The fourth-order valence-corrected chi connectivity index (χ4v) is 1.75. The lowest BCUT2D eigenvalue weighted by molar-refractivity contribution is 0.542. The molecule has 0 aliphatic rings. The highest BCUT2D eigenvalue weighted by atomic mass is 15.3. The normalized spacial score (nSPS) is 10.5. The van der Waals surface area contributed by atoms with Gasteiger partial charge in [0.05, 0.1) is 0 Å². The van der Waals surface area contributed by atoms with Gasteiger partial charge in [-0.2, -0.15) is 10.4 Å². The van der Waals surface area contributed by atoms with Crippen molar-refractivity contribution < 1.29 is 0 Å². The van der Waals surface area contributed by atoms with Gasteiger partial charge in [0.25, 0.3) is 0 Å². The second-order valence-corrected chi connectivity index (χ2v) is 4.12. The van der Waals surface area contributed by atoms with Gasteiger partial charge in [-0.05, 0) is 13.8 Å². The van der Waals surface area contributed by atoms with Gasteiger partial charge in [0.15, 0.2) is 0 Å². The fourth-order valence-electron chi connectivity index (χ4n) is 1.75. The number of aromatic nitrogens is 2. The van der Waals surface area contributed by atoms with Crippen molar-refractivity contribution in [3.8, 4) is 17.3 Å². The Labute approximate surface area is 100 Å². The summed E-state index contributed by atoms with van der Waals surface area (Å²) in [7, 11) is 0. The molecule has 1 aromatic carbocycles. The quantitative estimate of drug-likeness (QED) is 0.855. The zero-order chi connectivity index (χ0) is 12.4. The van der Waals surface area contributed by atoms with Crippen LogP contribution in [0.2, 0.25) is 0 Å². The molecule has 2 N–H and O–H groups in total. The molecule has 0 amide bonds. The standard InChI is InChI=1S/C13H14N4/c1-9(2)17-13(15)11(8-14)12(16-17)10-6-4-3-5-7-10/h3-7,9H,15H2,1-2H3. The largest absolute Gasteiger partial charge is 0.383 e. The highest BCUT2D eigenvalue weighted by Gasteiger charge is 2.17. The second kappa shape index (κ2) is 4.30. The second-order valence-electron chi connectivity index (χ2n) is 4.12. The van der Waals surface area contributed by atoms with Crippen molar-refractivity contribution in [3.63, 3.8) is 0 Å². The van der Waals surface area contributed by atoms with Gasteiger partial charge < -0.3 is 5.73 Å². The number of anilines is 1. The summed E-state index contributed by atoms with van der Waals surface area (Å²) in [4.78, 5) is 0. The van der Waals surface area contributed by atoms with E-state index in [0.717, 1.165) is 5.56 Å². The summed E-state index contributed by atoms with van der Waals surface area (Å²) in [5, 5.41) is 13.6. The first kappa shape index (κ1) is 11.2. The van der Waals surface area contributed by atoms with Crippen molar-refractivity contribution >= 4 is 5.82 Å². The van der Waals surface area contributed by atoms with E-state index in [0.29, 0.717) is 17.1 Å². The Hall–Kier alpha value is -2.28. The SMILES string of the molecule is CC(C)n1nc(-c2ccccc2)c(C#N)c1N. The van der Waals surface area contributed by atoms with Crippen LogP contribution in [0.1, 0.15) is 25.5 Å². The molecule has 0 saturated carbocycles. The average molecular weight is 226 g/mol. The summed E-state index contributed by atoms with van der Waals surface area (Å²) < 4.78 is 1.68. The summed E-state index contributed by atoms with van der Waals surface area (Å²) >= 11 is 0. The summed E-state index contributed by atoms with van der Waals surface area (Å²) in [5.41, 5.74) is 7.94. The van der Waals surface area contributed by atoms with Gasteiger partial charge >= 0.3 is 0 Å². The fraction of sp³-hybridized carbons (Fsp3) is 0.231. The Morgan fingerprint density at radius 3 is 2.47 bits per heavy atom. The van der Waals surface area contributed by atoms with E-state index < -0.39 is 0 Å². The number of hydrogen-bond donors (Lipinski definition) is 1. The Kier molecular flexibility index (Phi) is 2.84. The number of nitrogens with zero attached hydrogens (tertiary/aromatic N) is 3. The van der Waals surface area contributed by atoms with Crippen LogP contribution in [0.4, 0.5) is 5.82 Å². The predicted octanol–water partition coefficient (Wildman–Crippen LogP) is 2.58. The minimum absolute atomic E-state index is 0.138. The Bertz CT molecular complexity index is 561. The zero-order valence-corrected chi connectivity index (χ0v) is 9.88. The van der Waals surface area contributed by atoms with E-state index in [-0.39, 0.29) is 6.04 Å². The maximum atomic E-state index is 9.17. The number of hydrogen-bond acceptors (Lipinski definition) is 3. The van der Waals surface area contributed by atoms with Crippen LogP contribution in [0.3, 0.4) is 0 Å². The maximum absolute atomic E-state index is 9.17. The van der Waals surface area contributed by atoms with Crippen LogP contribution >= 0.6 is 0 Å². The molecule has 4 nitrogen and oxygen atoms in total. The minimum atomic E-state index is 0.138. The number of nitrogens with two attached hydrogens (primary N) is 1. The van der Waals surface area contributed by atoms with Gasteiger partial charge in [-0.3, -0.25) is 0 Å². The van der Waals surface area contributed by atoms with Crippen LogP contribution in [0.25, 0.3) is 11.3 Å². The van der Waals surface area contributed by atoms with Gasteiger partial charge in [0.2, 0.25) is 0 Å². The van der Waals surface area contributed by atoms with E-state index in [1.807, 2.05) is 44.2 Å². The summed E-state index contributed by atoms with van der Waals surface area (Å²) in [6.07, 6.45) is 0. The molecule has 0 atom stereocenters. The van der Waals surface area contributed by atoms with Crippen molar-refractivity contribution in [2.45, 2.75) is 19.9 Å². The third kappa shape index (κ3) is 1.87. The number of rotatable bonds is 2. The van der Waals surface area contributed by atoms with E-state index >= 15 is 0 Å². The molecule has 0 radical (unpaired) electrons. The van der Waals surface area contributed by atoms with Crippen LogP contribution in [0.15, 0.2) is 30.3 Å². The molecule has 86 valence electrons. The highest BCUT2D eigenvalue weighted by molar-refractivity contribution is 5.72. The van der Waals surface area contributed by atoms with Crippen LogP contribution in [0.5, 0.6) is 0 Å². The van der Waals surface area contributed by atoms with E-state index in [4.69, 9.17) is 5.73 Å². The number of benzene rings is 1. The Morgan fingerprint density at radius 1 is 1.29 bits per heavy atom. The van der Waals surface area contributed by atoms with Crippen LogP contribution < -0.4 is 5.73 Å². The van der Waals surface area contributed by atoms with Crippen molar-refractivity contribution in [2.24, 2.45) is 0 Å². The lowest BCUT2D eigenvalue weighted by Crippen LogP contribution is -2.07. The highest BCUT2D eigenvalue weighted by Crippen LogP contribution is 2.28. The lowest BCUT2D eigenvalue weighted by atomic mass is 10.1. The van der Waals surface area contributed by atoms with Gasteiger partial charge in [0, 0.05) is 11.6 Å². The molecule has 2 rings (SSSR count). The Morgan fingerprint density at radius 2 is 1.94 bits per heavy atom. The molecular weight excluding hydrogens is 212 g/mol. The smallest absolute Gasteiger partial charge is 0.140 e. The molecule has 0 bridgehead atoms. The predicted molar refractivity (Wildman–Crippen MR) is 67.2 cm³/mol. The van der Waals surface area contributed by atoms with Crippen LogP contribution in [0, 0.1) is 11.3 Å². The van der Waals surface area contributed by atoms with E-state index in [1.54, 1.807) is 4.68 Å². The maximum Gasteiger partial charge on any atom is 0.140 e.